The van der Waals surface area contributed by atoms with Crippen LogP contribution in [-0.2, 0) is 0 Å². The first-order valence-electron chi connectivity index (χ1n) is 6.25. The normalized spacial score (nSPS) is 13.8. The largest absolute Gasteiger partial charge is 0.268 e. The molecular formula is C16H12ClNO2. The molecule has 0 radical (unpaired) electrons. The second-order valence-corrected chi connectivity index (χ2v) is 5.29. The number of anilines is 1. The van der Waals surface area contributed by atoms with E-state index in [4.69, 9.17) is 11.6 Å². The molecular weight excluding hydrogens is 274 g/mol. The van der Waals surface area contributed by atoms with Crippen molar-refractivity contribution in [3.63, 3.8) is 0 Å². The molecule has 2 aromatic carbocycles. The van der Waals surface area contributed by atoms with Crippen LogP contribution < -0.4 is 4.90 Å². The van der Waals surface area contributed by atoms with E-state index >= 15 is 0 Å². The van der Waals surface area contributed by atoms with E-state index in [1.165, 1.54) is 0 Å². The number of benzene rings is 2. The molecule has 0 fully saturated rings. The molecule has 1 heterocycles. The molecule has 1 aliphatic rings. The van der Waals surface area contributed by atoms with Crippen molar-refractivity contribution in [2.45, 2.75) is 13.8 Å². The van der Waals surface area contributed by atoms with Gasteiger partial charge in [-0.15, -0.1) is 0 Å². The Morgan fingerprint density at radius 3 is 1.95 bits per heavy atom. The lowest BCUT2D eigenvalue weighted by atomic mass is 10.1. The fourth-order valence-corrected chi connectivity index (χ4v) is 2.65. The van der Waals surface area contributed by atoms with Crippen LogP contribution in [0.4, 0.5) is 5.69 Å². The van der Waals surface area contributed by atoms with Gasteiger partial charge in [-0.3, -0.25) is 9.59 Å². The number of fused-ring (bicyclic) bond motifs is 1. The maximum Gasteiger partial charge on any atom is 0.266 e. The molecule has 4 heteroatoms. The van der Waals surface area contributed by atoms with Crippen molar-refractivity contribution in [1.82, 2.24) is 0 Å². The third-order valence-corrected chi connectivity index (χ3v) is 3.90. The predicted molar refractivity (Wildman–Crippen MR) is 78.5 cm³/mol. The monoisotopic (exact) mass is 285 g/mol. The van der Waals surface area contributed by atoms with E-state index in [-0.39, 0.29) is 11.8 Å². The van der Waals surface area contributed by atoms with Crippen LogP contribution in [0.5, 0.6) is 0 Å². The molecule has 0 atom stereocenters. The van der Waals surface area contributed by atoms with E-state index in [0.29, 0.717) is 21.8 Å². The van der Waals surface area contributed by atoms with Crippen LogP contribution in [0.25, 0.3) is 0 Å². The Morgan fingerprint density at radius 2 is 1.40 bits per heavy atom. The van der Waals surface area contributed by atoms with Gasteiger partial charge in [-0.25, -0.2) is 4.90 Å². The van der Waals surface area contributed by atoms with Gasteiger partial charge in [0.25, 0.3) is 11.8 Å². The standard InChI is InChI=1S/C16H12ClNO2/c1-9-7-13(17)14(8-10(9)2)18-15(19)11-5-3-4-6-12(11)16(18)20/h3-8H,1-2H3. The number of hydrogen-bond donors (Lipinski definition) is 0. The van der Waals surface area contributed by atoms with Gasteiger partial charge < -0.3 is 0 Å². The highest BCUT2D eigenvalue weighted by Crippen LogP contribution is 2.34. The Labute approximate surface area is 121 Å². The van der Waals surface area contributed by atoms with Crippen LogP contribution in [-0.4, -0.2) is 11.8 Å². The van der Waals surface area contributed by atoms with E-state index < -0.39 is 0 Å². The third-order valence-electron chi connectivity index (χ3n) is 3.60. The summed E-state index contributed by atoms with van der Waals surface area (Å²) in [5.74, 6) is -0.647. The number of imide groups is 1. The van der Waals surface area contributed by atoms with E-state index in [2.05, 4.69) is 0 Å². The quantitative estimate of drug-likeness (QED) is 0.748. The van der Waals surface area contributed by atoms with E-state index in [1.54, 1.807) is 36.4 Å². The van der Waals surface area contributed by atoms with Crippen LogP contribution in [0.2, 0.25) is 5.02 Å². The highest BCUT2D eigenvalue weighted by Gasteiger charge is 2.37. The minimum atomic E-state index is -0.323. The van der Waals surface area contributed by atoms with Gasteiger partial charge in [0.2, 0.25) is 0 Å². The van der Waals surface area contributed by atoms with Crippen molar-refractivity contribution in [1.29, 1.82) is 0 Å². The number of rotatable bonds is 1. The van der Waals surface area contributed by atoms with Gasteiger partial charge in [0, 0.05) is 0 Å². The summed E-state index contributed by atoms with van der Waals surface area (Å²) in [7, 11) is 0. The lowest BCUT2D eigenvalue weighted by Gasteiger charge is -2.17. The Balaban J connectivity index is 2.17. The average Bonchev–Trinajstić information content (AvgIpc) is 2.68. The number of nitrogens with zero attached hydrogens (tertiary/aromatic N) is 1. The minimum absolute atomic E-state index is 0.323. The van der Waals surface area contributed by atoms with Gasteiger partial charge in [-0.2, -0.15) is 0 Å². The molecule has 0 aromatic heterocycles. The van der Waals surface area contributed by atoms with Gasteiger partial charge in [0.1, 0.15) is 0 Å². The van der Waals surface area contributed by atoms with Crippen LogP contribution in [0.15, 0.2) is 36.4 Å². The van der Waals surface area contributed by atoms with Crippen molar-refractivity contribution in [2.24, 2.45) is 0 Å². The fraction of sp³-hybridized carbons (Fsp3) is 0.125. The SMILES string of the molecule is Cc1cc(Cl)c(N2C(=O)c3ccccc3C2=O)cc1C. The molecule has 20 heavy (non-hydrogen) atoms. The summed E-state index contributed by atoms with van der Waals surface area (Å²) in [5, 5.41) is 0.405. The van der Waals surface area contributed by atoms with Crippen molar-refractivity contribution in [3.8, 4) is 0 Å². The van der Waals surface area contributed by atoms with Crippen molar-refractivity contribution < 1.29 is 9.59 Å². The molecule has 3 nitrogen and oxygen atoms in total. The number of aryl methyl sites for hydroxylation is 2. The first-order chi connectivity index (χ1) is 9.50. The number of carbonyl (C=O) groups excluding carboxylic acids is 2. The Kier molecular flexibility index (Phi) is 2.87. The molecule has 0 N–H and O–H groups in total. The number of amides is 2. The first-order valence-corrected chi connectivity index (χ1v) is 6.63. The summed E-state index contributed by atoms with van der Waals surface area (Å²) in [6.07, 6.45) is 0. The van der Waals surface area contributed by atoms with Crippen molar-refractivity contribution in [2.75, 3.05) is 4.90 Å². The first kappa shape index (κ1) is 12.9. The summed E-state index contributed by atoms with van der Waals surface area (Å²) in [5.41, 5.74) is 3.30. The molecule has 2 amide bonds. The molecule has 2 aromatic rings. The Morgan fingerprint density at radius 1 is 0.900 bits per heavy atom. The van der Waals surface area contributed by atoms with E-state index in [1.807, 2.05) is 13.8 Å². The van der Waals surface area contributed by atoms with Crippen molar-refractivity contribution >= 4 is 29.1 Å². The summed E-state index contributed by atoms with van der Waals surface area (Å²) < 4.78 is 0. The van der Waals surface area contributed by atoms with Crippen LogP contribution in [0.3, 0.4) is 0 Å². The predicted octanol–water partition coefficient (Wildman–Crippen LogP) is 3.76. The second kappa shape index (κ2) is 4.46. The molecule has 0 saturated carbocycles. The van der Waals surface area contributed by atoms with Gasteiger partial charge >= 0.3 is 0 Å². The maximum atomic E-state index is 12.4. The summed E-state index contributed by atoms with van der Waals surface area (Å²) >= 11 is 6.21. The molecule has 1 aliphatic heterocycles. The number of carbonyl (C=O) groups is 2. The molecule has 100 valence electrons. The highest BCUT2D eigenvalue weighted by molar-refractivity contribution is 6.39. The van der Waals surface area contributed by atoms with Crippen molar-refractivity contribution in [3.05, 3.63) is 63.7 Å². The van der Waals surface area contributed by atoms with E-state index in [0.717, 1.165) is 16.0 Å². The highest BCUT2D eigenvalue weighted by atomic mass is 35.5. The zero-order chi connectivity index (χ0) is 14.4. The average molecular weight is 286 g/mol. The molecule has 3 rings (SSSR count). The van der Waals surface area contributed by atoms with Crippen LogP contribution in [0.1, 0.15) is 31.8 Å². The Bertz CT molecular complexity index is 717. The lowest BCUT2D eigenvalue weighted by Crippen LogP contribution is -2.29. The Hall–Kier alpha value is -2.13. The number of hydrogen-bond acceptors (Lipinski definition) is 2. The van der Waals surface area contributed by atoms with E-state index in [9.17, 15) is 9.59 Å². The summed E-state index contributed by atoms with van der Waals surface area (Å²) in [6.45, 7) is 3.86. The van der Waals surface area contributed by atoms with Gasteiger partial charge in [-0.05, 0) is 49.2 Å². The molecule has 0 saturated heterocycles. The minimum Gasteiger partial charge on any atom is -0.268 e. The smallest absolute Gasteiger partial charge is 0.266 e. The van der Waals surface area contributed by atoms with Crippen LogP contribution in [0, 0.1) is 13.8 Å². The fourth-order valence-electron chi connectivity index (χ4n) is 2.35. The topological polar surface area (TPSA) is 37.4 Å². The second-order valence-electron chi connectivity index (χ2n) is 4.88. The molecule has 0 bridgehead atoms. The molecule has 0 spiro atoms. The zero-order valence-corrected chi connectivity index (χ0v) is 11.9. The van der Waals surface area contributed by atoms with Gasteiger partial charge in [0.15, 0.2) is 0 Å². The summed E-state index contributed by atoms with van der Waals surface area (Å²) in [6, 6.07) is 10.4. The summed E-state index contributed by atoms with van der Waals surface area (Å²) in [4.78, 5) is 26.0. The lowest BCUT2D eigenvalue weighted by molar-refractivity contribution is 0.0926. The third kappa shape index (κ3) is 1.74. The molecule has 0 unspecified atom stereocenters. The molecule has 0 aliphatic carbocycles. The maximum absolute atomic E-state index is 12.4. The van der Waals surface area contributed by atoms with Crippen LogP contribution >= 0.6 is 11.6 Å². The van der Waals surface area contributed by atoms with Gasteiger partial charge in [-0.1, -0.05) is 23.7 Å². The van der Waals surface area contributed by atoms with Gasteiger partial charge in [0.05, 0.1) is 21.8 Å². The zero-order valence-electron chi connectivity index (χ0n) is 11.1. The number of halogens is 1.